The molecule has 0 aromatic rings. The summed E-state index contributed by atoms with van der Waals surface area (Å²) in [6.07, 6.45) is -4.35. The lowest BCUT2D eigenvalue weighted by atomic mass is 9.97. The number of carboxylic acid groups (broad SMARTS) is 1. The fraction of sp³-hybridized carbons (Fsp3) is 0.833. The fourth-order valence-electron chi connectivity index (χ4n) is 2.55. The first-order valence-corrected chi connectivity index (χ1v) is 9.42. The van der Waals surface area contributed by atoms with Gasteiger partial charge in [-0.15, -0.1) is 0 Å². The monoisotopic (exact) mass is 422 g/mol. The maximum absolute atomic E-state index is 11.3. The predicted octanol–water partition coefficient (Wildman–Crippen LogP) is -2.37. The average molecular weight is 422 g/mol. The zero-order valence-corrected chi connectivity index (χ0v) is 17.2. The lowest BCUT2D eigenvalue weighted by molar-refractivity contribution is -0.253. The Balaban J connectivity index is 0.000000551. The van der Waals surface area contributed by atoms with Crippen LogP contribution in [0.25, 0.3) is 0 Å². The van der Waals surface area contributed by atoms with Gasteiger partial charge in [0.25, 0.3) is 0 Å². The van der Waals surface area contributed by atoms with E-state index >= 15 is 0 Å². The van der Waals surface area contributed by atoms with E-state index in [-0.39, 0.29) is 36.9 Å². The van der Waals surface area contributed by atoms with Crippen molar-refractivity contribution in [3.8, 4) is 0 Å². The quantitative estimate of drug-likeness (QED) is 0.199. The number of carbonyl (C=O) groups is 3. The Morgan fingerprint density at radius 2 is 1.69 bits per heavy atom. The van der Waals surface area contributed by atoms with E-state index in [1.54, 1.807) is 13.8 Å². The number of hydrogen-bond acceptors (Lipinski definition) is 10. The molecule has 0 amide bonds. The van der Waals surface area contributed by atoms with Crippen molar-refractivity contribution in [2.24, 2.45) is 5.92 Å². The number of aliphatic hydroxyl groups excluding tert-OH is 4. The molecule has 1 rings (SSSR count). The van der Waals surface area contributed by atoms with Crippen LogP contribution in [0, 0.1) is 5.92 Å². The van der Waals surface area contributed by atoms with Crippen molar-refractivity contribution in [2.45, 2.75) is 70.3 Å². The minimum atomic E-state index is -1.22. The van der Waals surface area contributed by atoms with Gasteiger partial charge in [-0.3, -0.25) is 14.4 Å². The molecule has 0 bridgehead atoms. The van der Waals surface area contributed by atoms with Crippen LogP contribution in [0.4, 0.5) is 0 Å². The number of aliphatic carboxylic acids is 1. The Labute approximate surface area is 170 Å². The minimum absolute atomic E-state index is 0.0153. The van der Waals surface area contributed by atoms with Gasteiger partial charge < -0.3 is 40.9 Å². The van der Waals surface area contributed by atoms with Gasteiger partial charge >= 0.3 is 5.97 Å². The molecule has 11 nitrogen and oxygen atoms in total. The summed E-state index contributed by atoms with van der Waals surface area (Å²) in [6.45, 7) is 4.63. The van der Waals surface area contributed by atoms with E-state index in [9.17, 15) is 29.7 Å². The summed E-state index contributed by atoms with van der Waals surface area (Å²) in [7, 11) is 1.53. The Hall–Kier alpha value is -1.47. The molecule has 1 aliphatic rings. The molecular weight excluding hydrogens is 388 g/mol. The summed E-state index contributed by atoms with van der Waals surface area (Å²) in [5.74, 6) is -1.15. The van der Waals surface area contributed by atoms with Crippen LogP contribution in [-0.2, 0) is 19.1 Å². The highest BCUT2D eigenvalue weighted by molar-refractivity contribution is 5.85. The zero-order chi connectivity index (χ0) is 22.7. The SMILES string of the molecule is CC(=O)[C@H](CCC(=O)O)NCC(=O)C(C)C.CNC1C(O)OC(CO)C(O)C1O. The van der Waals surface area contributed by atoms with Crippen LogP contribution < -0.4 is 10.6 Å². The first kappa shape index (κ1) is 27.5. The van der Waals surface area contributed by atoms with Gasteiger partial charge in [-0.2, -0.15) is 0 Å². The number of hydrogen-bond donors (Lipinski definition) is 7. The standard InChI is InChI=1S/C11H19NO4.C7H15NO5/c1-7(2)10(14)6-12-9(8(3)13)4-5-11(15)16;1-8-4-6(11)5(10)3(2-9)13-7(4)12/h7,9,12H,4-6H2,1-3H3,(H,15,16);3-12H,2H2,1H3/t9-;/m0./s1. The summed E-state index contributed by atoms with van der Waals surface area (Å²) < 4.78 is 4.85. The fourth-order valence-corrected chi connectivity index (χ4v) is 2.55. The maximum atomic E-state index is 11.3. The second kappa shape index (κ2) is 13.7. The van der Waals surface area contributed by atoms with Crippen LogP contribution in [0.1, 0.15) is 33.6 Å². The molecule has 1 saturated heterocycles. The molecule has 1 fully saturated rings. The third-order valence-corrected chi connectivity index (χ3v) is 4.54. The molecule has 5 unspecified atom stereocenters. The van der Waals surface area contributed by atoms with Crippen molar-refractivity contribution in [1.82, 2.24) is 10.6 Å². The normalized spacial score (nSPS) is 27.7. The molecule has 0 aromatic carbocycles. The molecule has 0 spiro atoms. The second-order valence-corrected chi connectivity index (χ2v) is 7.14. The molecule has 0 radical (unpaired) electrons. The van der Waals surface area contributed by atoms with Gasteiger partial charge in [0.2, 0.25) is 0 Å². The lowest BCUT2D eigenvalue weighted by Crippen LogP contribution is -2.62. The van der Waals surface area contributed by atoms with Crippen molar-refractivity contribution in [1.29, 1.82) is 0 Å². The van der Waals surface area contributed by atoms with E-state index < -0.39 is 49.3 Å². The third-order valence-electron chi connectivity index (χ3n) is 4.54. The van der Waals surface area contributed by atoms with Crippen LogP contribution >= 0.6 is 0 Å². The van der Waals surface area contributed by atoms with Crippen molar-refractivity contribution in [3.63, 3.8) is 0 Å². The smallest absolute Gasteiger partial charge is 0.303 e. The topological polar surface area (TPSA) is 186 Å². The average Bonchev–Trinajstić information content (AvgIpc) is 2.64. The molecular formula is C18H34N2O9. The molecule has 0 saturated carbocycles. The van der Waals surface area contributed by atoms with Crippen LogP contribution in [0.2, 0.25) is 0 Å². The number of Topliss-reactive ketones (excluding diaryl/α,β-unsaturated/α-hetero) is 2. The van der Waals surface area contributed by atoms with Crippen LogP contribution in [0.3, 0.4) is 0 Å². The molecule has 1 aliphatic heterocycles. The van der Waals surface area contributed by atoms with E-state index in [0.717, 1.165) is 0 Å². The summed E-state index contributed by atoms with van der Waals surface area (Å²) >= 11 is 0. The van der Waals surface area contributed by atoms with Crippen molar-refractivity contribution in [2.75, 3.05) is 20.2 Å². The molecule has 0 aromatic heterocycles. The Kier molecular flexibility index (Phi) is 13.0. The highest BCUT2D eigenvalue weighted by Gasteiger charge is 2.42. The summed E-state index contributed by atoms with van der Waals surface area (Å²) in [5.41, 5.74) is 0. The van der Waals surface area contributed by atoms with Crippen molar-refractivity contribution < 1.29 is 44.7 Å². The van der Waals surface area contributed by atoms with E-state index in [4.69, 9.17) is 14.9 Å². The van der Waals surface area contributed by atoms with E-state index in [1.165, 1.54) is 14.0 Å². The zero-order valence-electron chi connectivity index (χ0n) is 17.2. The highest BCUT2D eigenvalue weighted by atomic mass is 16.6. The van der Waals surface area contributed by atoms with Crippen LogP contribution in [-0.4, -0.2) is 100.0 Å². The highest BCUT2D eigenvalue weighted by Crippen LogP contribution is 2.19. The lowest BCUT2D eigenvalue weighted by Gasteiger charge is -2.39. The summed E-state index contributed by atoms with van der Waals surface area (Å²) in [4.78, 5) is 32.9. The molecule has 6 atom stereocenters. The molecule has 0 aliphatic carbocycles. The maximum Gasteiger partial charge on any atom is 0.303 e. The van der Waals surface area contributed by atoms with Gasteiger partial charge in [-0.25, -0.2) is 0 Å². The van der Waals surface area contributed by atoms with Gasteiger partial charge in [-0.05, 0) is 20.4 Å². The largest absolute Gasteiger partial charge is 0.481 e. The number of ketones is 2. The number of rotatable bonds is 10. The summed E-state index contributed by atoms with van der Waals surface area (Å²) in [5, 5.41) is 50.7. The Bertz CT molecular complexity index is 529. The number of ether oxygens (including phenoxy) is 1. The minimum Gasteiger partial charge on any atom is -0.481 e. The van der Waals surface area contributed by atoms with Gasteiger partial charge in [-0.1, -0.05) is 13.8 Å². The number of likely N-dealkylation sites (N-methyl/N-ethyl adjacent to an activating group) is 1. The van der Waals surface area contributed by atoms with Crippen molar-refractivity contribution in [3.05, 3.63) is 0 Å². The number of nitrogens with one attached hydrogen (secondary N) is 2. The van der Waals surface area contributed by atoms with Crippen molar-refractivity contribution >= 4 is 17.5 Å². The van der Waals surface area contributed by atoms with Gasteiger partial charge in [0.1, 0.15) is 29.9 Å². The van der Waals surface area contributed by atoms with E-state index in [2.05, 4.69) is 10.6 Å². The Morgan fingerprint density at radius 3 is 2.10 bits per heavy atom. The number of aliphatic hydroxyl groups is 4. The third kappa shape index (κ3) is 9.72. The van der Waals surface area contributed by atoms with E-state index in [1.807, 2.05) is 0 Å². The van der Waals surface area contributed by atoms with Gasteiger partial charge in [0, 0.05) is 12.3 Å². The first-order chi connectivity index (χ1) is 13.5. The van der Waals surface area contributed by atoms with Gasteiger partial charge in [0.05, 0.1) is 25.2 Å². The van der Waals surface area contributed by atoms with Crippen LogP contribution in [0.15, 0.2) is 0 Å². The van der Waals surface area contributed by atoms with Gasteiger partial charge in [0.15, 0.2) is 6.29 Å². The molecule has 29 heavy (non-hydrogen) atoms. The Morgan fingerprint density at radius 1 is 1.10 bits per heavy atom. The molecule has 170 valence electrons. The molecule has 1 heterocycles. The summed E-state index contributed by atoms with van der Waals surface area (Å²) in [6, 6.07) is -1.28. The predicted molar refractivity (Wildman–Crippen MR) is 102 cm³/mol. The number of carboxylic acids is 1. The number of carbonyl (C=O) groups excluding carboxylic acids is 2. The molecule has 11 heteroatoms. The molecule has 7 N–H and O–H groups in total. The second-order valence-electron chi connectivity index (χ2n) is 7.14. The van der Waals surface area contributed by atoms with Crippen LogP contribution in [0.5, 0.6) is 0 Å². The van der Waals surface area contributed by atoms with E-state index in [0.29, 0.717) is 0 Å². The first-order valence-electron chi connectivity index (χ1n) is 9.42.